The van der Waals surface area contributed by atoms with E-state index in [1.54, 1.807) is 0 Å². The van der Waals surface area contributed by atoms with Crippen molar-refractivity contribution in [3.8, 4) is 0 Å². The molecule has 1 heteroatoms. The fourth-order valence-electron chi connectivity index (χ4n) is 2.09. The molecule has 0 aliphatic heterocycles. The van der Waals surface area contributed by atoms with E-state index >= 15 is 0 Å². The van der Waals surface area contributed by atoms with Crippen LogP contribution in [0.2, 0.25) is 0 Å². The molecule has 1 nitrogen and oxygen atoms in total. The lowest BCUT2D eigenvalue weighted by molar-refractivity contribution is 0.212. The quantitative estimate of drug-likeness (QED) is 0.745. The van der Waals surface area contributed by atoms with Gasteiger partial charge in [0.25, 0.3) is 0 Å². The Morgan fingerprint density at radius 2 is 2.00 bits per heavy atom. The lowest BCUT2D eigenvalue weighted by Gasteiger charge is -2.12. The van der Waals surface area contributed by atoms with Crippen molar-refractivity contribution < 1.29 is 5.11 Å². The van der Waals surface area contributed by atoms with Crippen molar-refractivity contribution in [2.24, 2.45) is 0 Å². The molecule has 0 bridgehead atoms. The number of aliphatic hydroxyl groups excluding tert-OH is 1. The summed E-state index contributed by atoms with van der Waals surface area (Å²) in [6.45, 7) is 2.14. The normalized spacial score (nSPS) is 17.6. The maximum Gasteiger partial charge on any atom is 0.100 e. The highest BCUT2D eigenvalue weighted by molar-refractivity contribution is 5.30. The molecule has 0 fully saturated rings. The van der Waals surface area contributed by atoms with Gasteiger partial charge in [-0.25, -0.2) is 0 Å². The van der Waals surface area contributed by atoms with Gasteiger partial charge >= 0.3 is 0 Å². The minimum absolute atomic E-state index is 0.376. The maximum absolute atomic E-state index is 10.1. The Bertz CT molecular complexity index is 348. The molecule has 0 saturated carbocycles. The van der Waals surface area contributed by atoms with Crippen molar-refractivity contribution >= 4 is 0 Å². The van der Waals surface area contributed by atoms with Crippen LogP contribution in [0.5, 0.6) is 0 Å². The largest absolute Gasteiger partial charge is 0.384 e. The van der Waals surface area contributed by atoms with Gasteiger partial charge in [-0.2, -0.15) is 0 Å². The molecule has 0 radical (unpaired) electrons. The van der Waals surface area contributed by atoms with Gasteiger partial charge in [0, 0.05) is 0 Å². The highest BCUT2D eigenvalue weighted by Crippen LogP contribution is 2.30. The molecule has 1 unspecified atom stereocenters. The highest BCUT2D eigenvalue weighted by Gasteiger charge is 2.15. The number of hydrogen-bond acceptors (Lipinski definition) is 1. The summed E-state index contributed by atoms with van der Waals surface area (Å²) >= 11 is 0. The Morgan fingerprint density at radius 3 is 2.53 bits per heavy atom. The summed E-state index contributed by atoms with van der Waals surface area (Å²) in [5.74, 6) is 0. The number of hydrogen-bond donors (Lipinski definition) is 1. The lowest BCUT2D eigenvalue weighted by Crippen LogP contribution is -1.99. The van der Waals surface area contributed by atoms with Crippen molar-refractivity contribution in [2.75, 3.05) is 0 Å². The molecule has 1 aliphatic rings. The molecular weight excluding hydrogens is 184 g/mol. The summed E-state index contributed by atoms with van der Waals surface area (Å²) in [4.78, 5) is 0. The summed E-state index contributed by atoms with van der Waals surface area (Å²) in [6.07, 6.45) is 6.23. The van der Waals surface area contributed by atoms with Crippen molar-refractivity contribution in [3.63, 3.8) is 0 Å². The molecule has 1 atom stereocenters. The number of allylic oxidation sites excluding steroid dienone is 1. The van der Waals surface area contributed by atoms with Gasteiger partial charge in [0.1, 0.15) is 6.10 Å². The number of rotatable bonds is 3. The van der Waals surface area contributed by atoms with Crippen LogP contribution < -0.4 is 0 Å². The fourth-order valence-corrected chi connectivity index (χ4v) is 2.09. The topological polar surface area (TPSA) is 20.2 Å². The standard InChI is InChI=1S/C14H18O/c1-2-11-7-9-13(10-8-11)14(15)12-5-3-4-6-12/h5,7-10,14-15H,2-4,6H2,1H3. The average molecular weight is 202 g/mol. The Labute approximate surface area is 91.4 Å². The van der Waals surface area contributed by atoms with E-state index in [1.807, 2.05) is 12.1 Å². The third kappa shape index (κ3) is 2.29. The zero-order valence-electron chi connectivity index (χ0n) is 9.24. The monoisotopic (exact) mass is 202 g/mol. The van der Waals surface area contributed by atoms with Gasteiger partial charge < -0.3 is 5.11 Å². The summed E-state index contributed by atoms with van der Waals surface area (Å²) in [6, 6.07) is 8.30. The predicted molar refractivity (Wildman–Crippen MR) is 62.7 cm³/mol. The van der Waals surface area contributed by atoms with E-state index in [4.69, 9.17) is 0 Å². The Hall–Kier alpha value is -1.08. The fraction of sp³-hybridized carbons (Fsp3) is 0.429. The molecule has 15 heavy (non-hydrogen) atoms. The summed E-state index contributed by atoms with van der Waals surface area (Å²) in [5, 5.41) is 10.1. The molecule has 1 aromatic carbocycles. The molecule has 1 aliphatic carbocycles. The molecule has 0 spiro atoms. The third-order valence-electron chi connectivity index (χ3n) is 3.13. The van der Waals surface area contributed by atoms with Gasteiger partial charge in [-0.15, -0.1) is 0 Å². The van der Waals surface area contributed by atoms with Crippen molar-refractivity contribution in [2.45, 2.75) is 38.7 Å². The number of aryl methyl sites for hydroxylation is 1. The number of aliphatic hydroxyl groups is 1. The summed E-state index contributed by atoms with van der Waals surface area (Å²) in [5.41, 5.74) is 3.55. The smallest absolute Gasteiger partial charge is 0.100 e. The summed E-state index contributed by atoms with van der Waals surface area (Å²) < 4.78 is 0. The first kappa shape index (κ1) is 10.4. The second-order valence-corrected chi connectivity index (χ2v) is 4.17. The van der Waals surface area contributed by atoms with Crippen LogP contribution in [0.4, 0.5) is 0 Å². The second-order valence-electron chi connectivity index (χ2n) is 4.17. The maximum atomic E-state index is 10.1. The zero-order chi connectivity index (χ0) is 10.7. The van der Waals surface area contributed by atoms with E-state index in [9.17, 15) is 5.11 Å². The molecule has 0 amide bonds. The SMILES string of the molecule is CCc1ccc(C(O)C2=CCCC2)cc1. The van der Waals surface area contributed by atoms with Crippen LogP contribution in [0.15, 0.2) is 35.9 Å². The van der Waals surface area contributed by atoms with Crippen molar-refractivity contribution in [1.82, 2.24) is 0 Å². The second kappa shape index (κ2) is 4.63. The summed E-state index contributed by atoms with van der Waals surface area (Å²) in [7, 11) is 0. The predicted octanol–water partition coefficient (Wildman–Crippen LogP) is 3.39. The highest BCUT2D eigenvalue weighted by atomic mass is 16.3. The molecule has 80 valence electrons. The average Bonchev–Trinajstić information content (AvgIpc) is 2.82. The van der Waals surface area contributed by atoms with E-state index in [0.29, 0.717) is 0 Å². The van der Waals surface area contributed by atoms with Gasteiger partial charge in [-0.1, -0.05) is 37.3 Å². The molecule has 0 saturated heterocycles. The van der Waals surface area contributed by atoms with Gasteiger partial charge in [0.2, 0.25) is 0 Å². The van der Waals surface area contributed by atoms with Crippen LogP contribution in [0.25, 0.3) is 0 Å². The van der Waals surface area contributed by atoms with Gasteiger partial charge in [-0.05, 0) is 42.4 Å². The van der Waals surface area contributed by atoms with E-state index in [1.165, 1.54) is 17.6 Å². The first-order chi connectivity index (χ1) is 7.31. The van der Waals surface area contributed by atoms with Crippen LogP contribution in [-0.4, -0.2) is 5.11 Å². The van der Waals surface area contributed by atoms with Crippen LogP contribution in [-0.2, 0) is 6.42 Å². The van der Waals surface area contributed by atoms with Gasteiger partial charge in [0.05, 0.1) is 0 Å². The molecular formula is C14H18O. The zero-order valence-corrected chi connectivity index (χ0v) is 9.24. The molecule has 1 N–H and O–H groups in total. The Balaban J connectivity index is 2.14. The van der Waals surface area contributed by atoms with Gasteiger partial charge in [0.15, 0.2) is 0 Å². The Kier molecular flexibility index (Phi) is 3.22. The van der Waals surface area contributed by atoms with E-state index in [-0.39, 0.29) is 6.10 Å². The molecule has 2 rings (SSSR count). The van der Waals surface area contributed by atoms with Gasteiger partial charge in [-0.3, -0.25) is 0 Å². The molecule has 0 heterocycles. The molecule has 0 aromatic heterocycles. The lowest BCUT2D eigenvalue weighted by atomic mass is 9.99. The van der Waals surface area contributed by atoms with E-state index < -0.39 is 0 Å². The minimum atomic E-state index is -0.376. The first-order valence-corrected chi connectivity index (χ1v) is 5.77. The van der Waals surface area contributed by atoms with Crippen LogP contribution in [0, 0.1) is 0 Å². The van der Waals surface area contributed by atoms with Crippen molar-refractivity contribution in [3.05, 3.63) is 47.0 Å². The van der Waals surface area contributed by atoms with E-state index in [2.05, 4.69) is 25.1 Å². The van der Waals surface area contributed by atoms with Crippen LogP contribution in [0.1, 0.15) is 43.4 Å². The van der Waals surface area contributed by atoms with E-state index in [0.717, 1.165) is 24.8 Å². The van der Waals surface area contributed by atoms with Crippen LogP contribution in [0.3, 0.4) is 0 Å². The van der Waals surface area contributed by atoms with Crippen molar-refractivity contribution in [1.29, 1.82) is 0 Å². The first-order valence-electron chi connectivity index (χ1n) is 5.77. The molecule has 1 aromatic rings. The Morgan fingerprint density at radius 1 is 1.27 bits per heavy atom. The third-order valence-corrected chi connectivity index (χ3v) is 3.13. The van der Waals surface area contributed by atoms with Crippen LogP contribution >= 0.6 is 0 Å². The minimum Gasteiger partial charge on any atom is -0.384 e. The number of benzene rings is 1.